The number of non-ortho nitro benzene ring substituents is 1. The molecule has 0 atom stereocenters. The van der Waals surface area contributed by atoms with Crippen LogP contribution in [0.25, 0.3) is 0 Å². The molecule has 0 spiro atoms. The van der Waals surface area contributed by atoms with Crippen LogP contribution in [0.2, 0.25) is 0 Å². The van der Waals surface area contributed by atoms with E-state index >= 15 is 0 Å². The van der Waals surface area contributed by atoms with E-state index in [1.54, 1.807) is 18.2 Å². The topological polar surface area (TPSA) is 129 Å². The highest BCUT2D eigenvalue weighted by molar-refractivity contribution is 5.82. The monoisotopic (exact) mass is 422 g/mol. The van der Waals surface area contributed by atoms with Gasteiger partial charge in [-0.15, -0.1) is 0 Å². The Balaban J connectivity index is 1.75. The first-order valence-corrected chi connectivity index (χ1v) is 9.04. The standard InChI is InChI=1S/C21H18N4O6/c1-30-20-10-7-16(11-21(20)31-14-15-5-3-2-4-6-15)13-22-23-18-9-8-17(24(26)27)12-19(18)25(28)29/h2-13,23H,14H2,1H3/b22-13-. The Hall–Kier alpha value is -4.47. The summed E-state index contributed by atoms with van der Waals surface area (Å²) in [6.07, 6.45) is 1.44. The lowest BCUT2D eigenvalue weighted by molar-refractivity contribution is -0.393. The van der Waals surface area contributed by atoms with E-state index in [1.165, 1.54) is 19.4 Å². The third kappa shape index (κ3) is 5.54. The van der Waals surface area contributed by atoms with Gasteiger partial charge in [0.25, 0.3) is 5.69 Å². The lowest BCUT2D eigenvalue weighted by atomic mass is 10.2. The highest BCUT2D eigenvalue weighted by atomic mass is 16.6. The first kappa shape index (κ1) is 21.2. The highest BCUT2D eigenvalue weighted by Crippen LogP contribution is 2.30. The normalized spacial score (nSPS) is 10.6. The minimum atomic E-state index is -0.715. The number of nitrogens with zero attached hydrogens (tertiary/aromatic N) is 3. The van der Waals surface area contributed by atoms with E-state index in [2.05, 4.69) is 10.5 Å². The van der Waals surface area contributed by atoms with Gasteiger partial charge < -0.3 is 9.47 Å². The average Bonchev–Trinajstić information content (AvgIpc) is 2.78. The molecule has 158 valence electrons. The smallest absolute Gasteiger partial charge is 0.301 e. The Morgan fingerprint density at radius 2 is 1.74 bits per heavy atom. The molecule has 0 bridgehead atoms. The number of hydrogen-bond donors (Lipinski definition) is 1. The average molecular weight is 422 g/mol. The minimum Gasteiger partial charge on any atom is -0.493 e. The Kier molecular flexibility index (Phi) is 6.74. The molecule has 10 heteroatoms. The summed E-state index contributed by atoms with van der Waals surface area (Å²) in [6, 6.07) is 18.1. The van der Waals surface area contributed by atoms with Gasteiger partial charge in [0.1, 0.15) is 12.3 Å². The first-order valence-electron chi connectivity index (χ1n) is 9.04. The second kappa shape index (κ2) is 9.83. The van der Waals surface area contributed by atoms with E-state index in [9.17, 15) is 20.2 Å². The van der Waals surface area contributed by atoms with E-state index in [0.29, 0.717) is 23.7 Å². The zero-order valence-corrected chi connectivity index (χ0v) is 16.4. The number of benzene rings is 3. The molecule has 0 saturated carbocycles. The Morgan fingerprint density at radius 3 is 2.42 bits per heavy atom. The van der Waals surface area contributed by atoms with Gasteiger partial charge in [0.2, 0.25) is 0 Å². The van der Waals surface area contributed by atoms with E-state index in [4.69, 9.17) is 9.47 Å². The van der Waals surface area contributed by atoms with Crippen molar-refractivity contribution in [2.45, 2.75) is 6.61 Å². The van der Waals surface area contributed by atoms with E-state index in [-0.39, 0.29) is 11.4 Å². The van der Waals surface area contributed by atoms with Gasteiger partial charge in [-0.2, -0.15) is 5.10 Å². The molecule has 1 N–H and O–H groups in total. The maximum absolute atomic E-state index is 11.2. The fourth-order valence-corrected chi connectivity index (χ4v) is 2.68. The van der Waals surface area contributed by atoms with Gasteiger partial charge in [-0.1, -0.05) is 30.3 Å². The quantitative estimate of drug-likeness (QED) is 0.304. The summed E-state index contributed by atoms with van der Waals surface area (Å²) in [4.78, 5) is 20.6. The SMILES string of the molecule is COc1ccc(/C=N\Nc2ccc([N+](=O)[O-])cc2[N+](=O)[O-])cc1OCc1ccccc1. The molecule has 0 aliphatic rings. The van der Waals surface area contributed by atoms with Crippen molar-refractivity contribution < 1.29 is 19.3 Å². The highest BCUT2D eigenvalue weighted by Gasteiger charge is 2.19. The number of rotatable bonds is 9. The summed E-state index contributed by atoms with van der Waals surface area (Å²) < 4.78 is 11.2. The zero-order chi connectivity index (χ0) is 22.2. The van der Waals surface area contributed by atoms with Crippen molar-refractivity contribution in [2.24, 2.45) is 5.10 Å². The number of hydrazone groups is 1. The van der Waals surface area contributed by atoms with Gasteiger partial charge in [-0.3, -0.25) is 25.7 Å². The lowest BCUT2D eigenvalue weighted by Crippen LogP contribution is -2.00. The maximum atomic E-state index is 11.2. The van der Waals surface area contributed by atoms with Crippen molar-refractivity contribution in [3.05, 3.63) is 98.1 Å². The van der Waals surface area contributed by atoms with Crippen LogP contribution in [0.3, 0.4) is 0 Å². The van der Waals surface area contributed by atoms with Gasteiger partial charge in [0, 0.05) is 6.07 Å². The number of nitro benzene ring substituents is 2. The van der Waals surface area contributed by atoms with Crippen LogP contribution in [-0.4, -0.2) is 23.2 Å². The van der Waals surface area contributed by atoms with Crippen LogP contribution in [0.15, 0.2) is 71.8 Å². The van der Waals surface area contributed by atoms with Gasteiger partial charge in [-0.25, -0.2) is 0 Å². The molecule has 3 aromatic rings. The third-order valence-electron chi connectivity index (χ3n) is 4.21. The summed E-state index contributed by atoms with van der Waals surface area (Å²) in [5.41, 5.74) is 3.40. The second-order valence-corrected chi connectivity index (χ2v) is 6.27. The van der Waals surface area contributed by atoms with Crippen LogP contribution in [-0.2, 0) is 6.61 Å². The molecule has 0 fully saturated rings. The van der Waals surface area contributed by atoms with Crippen LogP contribution >= 0.6 is 0 Å². The fourth-order valence-electron chi connectivity index (χ4n) is 2.68. The summed E-state index contributed by atoms with van der Waals surface area (Å²) in [6.45, 7) is 0.352. The van der Waals surface area contributed by atoms with Crippen LogP contribution in [0.4, 0.5) is 17.1 Å². The molecule has 0 amide bonds. The number of ether oxygens (including phenoxy) is 2. The number of anilines is 1. The second-order valence-electron chi connectivity index (χ2n) is 6.27. The summed E-state index contributed by atoms with van der Waals surface area (Å²) >= 11 is 0. The zero-order valence-electron chi connectivity index (χ0n) is 16.4. The van der Waals surface area contributed by atoms with Crippen molar-refractivity contribution in [1.82, 2.24) is 0 Å². The minimum absolute atomic E-state index is 0.0286. The molecule has 0 aliphatic heterocycles. The Labute approximate surface area is 177 Å². The van der Waals surface area contributed by atoms with E-state index in [0.717, 1.165) is 17.7 Å². The van der Waals surface area contributed by atoms with Crippen molar-refractivity contribution in [1.29, 1.82) is 0 Å². The van der Waals surface area contributed by atoms with Crippen LogP contribution in [0.1, 0.15) is 11.1 Å². The molecule has 0 radical (unpaired) electrons. The van der Waals surface area contributed by atoms with Crippen molar-refractivity contribution in [2.75, 3.05) is 12.5 Å². The predicted molar refractivity (Wildman–Crippen MR) is 115 cm³/mol. The van der Waals surface area contributed by atoms with Gasteiger partial charge in [0.15, 0.2) is 11.5 Å². The molecule has 0 aliphatic carbocycles. The predicted octanol–water partition coefficient (Wildman–Crippen LogP) is 4.54. The fraction of sp³-hybridized carbons (Fsp3) is 0.0952. The third-order valence-corrected chi connectivity index (χ3v) is 4.21. The van der Waals surface area contributed by atoms with Gasteiger partial charge >= 0.3 is 5.69 Å². The molecule has 31 heavy (non-hydrogen) atoms. The van der Waals surface area contributed by atoms with Crippen molar-refractivity contribution in [3.8, 4) is 11.5 Å². The molecule has 0 unspecified atom stereocenters. The summed E-state index contributed by atoms with van der Waals surface area (Å²) in [5.74, 6) is 1.06. The molecule has 10 nitrogen and oxygen atoms in total. The van der Waals surface area contributed by atoms with Crippen LogP contribution < -0.4 is 14.9 Å². The van der Waals surface area contributed by atoms with Crippen molar-refractivity contribution in [3.63, 3.8) is 0 Å². The molecule has 0 heterocycles. The molecule has 0 saturated heterocycles. The molecule has 3 rings (SSSR count). The van der Waals surface area contributed by atoms with Crippen molar-refractivity contribution >= 4 is 23.3 Å². The lowest BCUT2D eigenvalue weighted by Gasteiger charge is -2.11. The molecular weight excluding hydrogens is 404 g/mol. The summed E-state index contributed by atoms with van der Waals surface area (Å²) in [7, 11) is 1.54. The summed E-state index contributed by atoms with van der Waals surface area (Å²) in [5, 5.41) is 26.0. The van der Waals surface area contributed by atoms with Gasteiger partial charge in [0.05, 0.1) is 29.2 Å². The number of hydrogen-bond acceptors (Lipinski definition) is 8. The molecule has 3 aromatic carbocycles. The van der Waals surface area contributed by atoms with E-state index in [1.807, 2.05) is 30.3 Å². The van der Waals surface area contributed by atoms with E-state index < -0.39 is 15.5 Å². The number of nitro groups is 2. The molecule has 0 aromatic heterocycles. The largest absolute Gasteiger partial charge is 0.493 e. The molecular formula is C21H18N4O6. The maximum Gasteiger partial charge on any atom is 0.301 e. The number of methoxy groups -OCH3 is 1. The first-order chi connectivity index (χ1) is 15.0. The Bertz CT molecular complexity index is 1120. The van der Waals surface area contributed by atoms with Crippen LogP contribution in [0, 0.1) is 20.2 Å². The Morgan fingerprint density at radius 1 is 0.968 bits per heavy atom. The van der Waals surface area contributed by atoms with Crippen LogP contribution in [0.5, 0.6) is 11.5 Å². The number of nitrogens with one attached hydrogen (secondary N) is 1. The van der Waals surface area contributed by atoms with Gasteiger partial charge in [-0.05, 0) is 35.4 Å².